The van der Waals surface area contributed by atoms with Crippen molar-refractivity contribution in [1.29, 1.82) is 5.26 Å². The number of aryl methyl sites for hydroxylation is 1. The van der Waals surface area contributed by atoms with Gasteiger partial charge in [0, 0.05) is 11.1 Å². The Hall–Kier alpha value is -0.920. The molecule has 0 aromatic carbocycles. The van der Waals surface area contributed by atoms with Crippen molar-refractivity contribution in [3.8, 4) is 6.07 Å². The molecule has 3 nitrogen and oxygen atoms in total. The van der Waals surface area contributed by atoms with Crippen LogP contribution in [0.4, 0.5) is 0 Å². The number of hydrogen-bond acceptors (Lipinski definition) is 4. The molecule has 1 fully saturated rings. The lowest BCUT2D eigenvalue weighted by molar-refractivity contribution is 0.261. The maximum absolute atomic E-state index is 9.00. The van der Waals surface area contributed by atoms with E-state index in [0.29, 0.717) is 0 Å². The van der Waals surface area contributed by atoms with E-state index in [0.717, 1.165) is 30.1 Å². The molecule has 0 aliphatic heterocycles. The molecule has 1 aromatic heterocycles. The lowest BCUT2D eigenvalue weighted by atomic mass is 10.3. The molecule has 0 spiro atoms. The first-order valence-corrected chi connectivity index (χ1v) is 5.58. The van der Waals surface area contributed by atoms with Crippen LogP contribution in [0, 0.1) is 18.3 Å². The van der Waals surface area contributed by atoms with E-state index < -0.39 is 0 Å². The standard InChI is InChI=1S/C10H13N3S/c1-8-6-14-9(12-8)5-13(2)10(7-11)3-4-10/h6H,3-5H2,1-2H3. The van der Waals surface area contributed by atoms with Crippen LogP contribution < -0.4 is 0 Å². The molecule has 1 aromatic rings. The zero-order valence-corrected chi connectivity index (χ0v) is 9.27. The topological polar surface area (TPSA) is 39.9 Å². The predicted molar refractivity (Wildman–Crippen MR) is 55.9 cm³/mol. The number of nitrogens with zero attached hydrogens (tertiary/aromatic N) is 3. The van der Waals surface area contributed by atoms with E-state index in [1.807, 2.05) is 14.0 Å². The Morgan fingerprint density at radius 3 is 2.86 bits per heavy atom. The van der Waals surface area contributed by atoms with Gasteiger partial charge in [0.25, 0.3) is 0 Å². The van der Waals surface area contributed by atoms with E-state index in [-0.39, 0.29) is 5.54 Å². The van der Waals surface area contributed by atoms with Crippen molar-refractivity contribution in [3.63, 3.8) is 0 Å². The molecule has 0 amide bonds. The van der Waals surface area contributed by atoms with Crippen LogP contribution in [-0.4, -0.2) is 22.5 Å². The van der Waals surface area contributed by atoms with Gasteiger partial charge < -0.3 is 0 Å². The van der Waals surface area contributed by atoms with Crippen molar-refractivity contribution in [2.75, 3.05) is 7.05 Å². The van der Waals surface area contributed by atoms with E-state index in [1.54, 1.807) is 11.3 Å². The largest absolute Gasteiger partial charge is 0.282 e. The lowest BCUT2D eigenvalue weighted by Crippen LogP contribution is -2.31. The van der Waals surface area contributed by atoms with Gasteiger partial charge in [0.2, 0.25) is 0 Å². The minimum atomic E-state index is -0.181. The second-order valence-electron chi connectivity index (χ2n) is 3.88. The molecule has 0 bridgehead atoms. The highest BCUT2D eigenvalue weighted by Crippen LogP contribution is 2.40. The quantitative estimate of drug-likeness (QED) is 0.760. The molecule has 0 atom stereocenters. The fourth-order valence-corrected chi connectivity index (χ4v) is 2.35. The van der Waals surface area contributed by atoms with Gasteiger partial charge in [-0.15, -0.1) is 11.3 Å². The molecule has 74 valence electrons. The molecule has 1 heterocycles. The zero-order valence-electron chi connectivity index (χ0n) is 8.45. The Labute approximate surface area is 88.0 Å². The summed E-state index contributed by atoms with van der Waals surface area (Å²) in [4.78, 5) is 6.51. The Bertz CT molecular complexity index is 373. The summed E-state index contributed by atoms with van der Waals surface area (Å²) in [5, 5.41) is 12.2. The molecule has 0 N–H and O–H groups in total. The van der Waals surface area contributed by atoms with Crippen molar-refractivity contribution >= 4 is 11.3 Å². The van der Waals surface area contributed by atoms with Gasteiger partial charge in [0.05, 0.1) is 12.6 Å². The van der Waals surface area contributed by atoms with Gasteiger partial charge in [-0.3, -0.25) is 4.90 Å². The van der Waals surface area contributed by atoms with Crippen molar-refractivity contribution < 1.29 is 0 Å². The smallest absolute Gasteiger partial charge is 0.109 e. The first-order chi connectivity index (χ1) is 6.66. The summed E-state index contributed by atoms with van der Waals surface area (Å²) in [6.07, 6.45) is 2.01. The van der Waals surface area contributed by atoms with Crippen LogP contribution in [0.3, 0.4) is 0 Å². The summed E-state index contributed by atoms with van der Waals surface area (Å²) < 4.78 is 0. The lowest BCUT2D eigenvalue weighted by Gasteiger charge is -2.19. The van der Waals surface area contributed by atoms with Crippen molar-refractivity contribution in [2.45, 2.75) is 31.8 Å². The highest BCUT2D eigenvalue weighted by molar-refractivity contribution is 7.09. The van der Waals surface area contributed by atoms with Crippen LogP contribution in [0.5, 0.6) is 0 Å². The van der Waals surface area contributed by atoms with E-state index in [4.69, 9.17) is 5.26 Å². The van der Waals surface area contributed by atoms with Crippen LogP contribution in [0.2, 0.25) is 0 Å². The Morgan fingerprint density at radius 1 is 1.71 bits per heavy atom. The van der Waals surface area contributed by atoms with E-state index in [9.17, 15) is 0 Å². The minimum Gasteiger partial charge on any atom is -0.282 e. The first kappa shape index (κ1) is 9.63. The first-order valence-electron chi connectivity index (χ1n) is 4.70. The van der Waals surface area contributed by atoms with Crippen LogP contribution in [0.1, 0.15) is 23.5 Å². The van der Waals surface area contributed by atoms with E-state index >= 15 is 0 Å². The summed E-state index contributed by atoms with van der Waals surface area (Å²) in [6, 6.07) is 2.38. The summed E-state index contributed by atoms with van der Waals surface area (Å²) in [7, 11) is 2.01. The van der Waals surface area contributed by atoms with Gasteiger partial charge in [-0.05, 0) is 26.8 Å². The Morgan fingerprint density at radius 2 is 2.43 bits per heavy atom. The molecule has 4 heteroatoms. The maximum atomic E-state index is 9.00. The van der Waals surface area contributed by atoms with E-state index in [2.05, 4.69) is 21.3 Å². The number of rotatable bonds is 3. The average Bonchev–Trinajstić information content (AvgIpc) is 2.87. The van der Waals surface area contributed by atoms with E-state index in [1.165, 1.54) is 0 Å². The molecule has 1 saturated carbocycles. The minimum absolute atomic E-state index is 0.181. The van der Waals surface area contributed by atoms with Crippen molar-refractivity contribution in [2.24, 2.45) is 0 Å². The van der Waals surface area contributed by atoms with Gasteiger partial charge >= 0.3 is 0 Å². The Balaban J connectivity index is 2.02. The van der Waals surface area contributed by atoms with Gasteiger partial charge in [-0.1, -0.05) is 0 Å². The van der Waals surface area contributed by atoms with Gasteiger partial charge in [0.1, 0.15) is 10.5 Å². The monoisotopic (exact) mass is 207 g/mol. The fraction of sp³-hybridized carbons (Fsp3) is 0.600. The summed E-state index contributed by atoms with van der Waals surface area (Å²) in [6.45, 7) is 2.79. The Kier molecular flexibility index (Phi) is 2.30. The molecule has 14 heavy (non-hydrogen) atoms. The van der Waals surface area contributed by atoms with Crippen LogP contribution in [0.15, 0.2) is 5.38 Å². The number of thiazole rings is 1. The third-order valence-electron chi connectivity index (χ3n) is 2.70. The third-order valence-corrected chi connectivity index (χ3v) is 3.65. The normalized spacial score (nSPS) is 18.1. The average molecular weight is 207 g/mol. The SMILES string of the molecule is Cc1csc(CN(C)C2(C#N)CC2)n1. The van der Waals surface area contributed by atoms with Gasteiger partial charge in [-0.2, -0.15) is 5.26 Å². The molecule has 0 radical (unpaired) electrons. The van der Waals surface area contributed by atoms with Gasteiger partial charge in [-0.25, -0.2) is 4.98 Å². The van der Waals surface area contributed by atoms with Crippen molar-refractivity contribution in [3.05, 3.63) is 16.1 Å². The molecule has 0 saturated heterocycles. The zero-order chi connectivity index (χ0) is 10.2. The van der Waals surface area contributed by atoms with Crippen LogP contribution in [-0.2, 0) is 6.54 Å². The molecule has 2 rings (SSSR count). The molecular formula is C10H13N3S. The highest BCUT2D eigenvalue weighted by atomic mass is 32.1. The second kappa shape index (κ2) is 3.34. The molecular weight excluding hydrogens is 194 g/mol. The maximum Gasteiger partial charge on any atom is 0.109 e. The third kappa shape index (κ3) is 1.66. The molecule has 0 unspecified atom stereocenters. The number of aromatic nitrogens is 1. The summed E-state index contributed by atoms with van der Waals surface area (Å²) >= 11 is 1.67. The second-order valence-corrected chi connectivity index (χ2v) is 4.82. The number of nitriles is 1. The molecule has 1 aliphatic rings. The molecule has 1 aliphatic carbocycles. The van der Waals surface area contributed by atoms with Gasteiger partial charge in [0.15, 0.2) is 0 Å². The fourth-order valence-electron chi connectivity index (χ4n) is 1.53. The van der Waals surface area contributed by atoms with Crippen LogP contribution >= 0.6 is 11.3 Å². The van der Waals surface area contributed by atoms with Crippen molar-refractivity contribution in [1.82, 2.24) is 9.88 Å². The summed E-state index contributed by atoms with van der Waals surface area (Å²) in [5.41, 5.74) is 0.889. The predicted octanol–water partition coefficient (Wildman–Crippen LogP) is 1.94. The summed E-state index contributed by atoms with van der Waals surface area (Å²) in [5.74, 6) is 0. The van der Waals surface area contributed by atoms with Crippen LogP contribution in [0.25, 0.3) is 0 Å². The number of hydrogen-bond donors (Lipinski definition) is 0. The highest BCUT2D eigenvalue weighted by Gasteiger charge is 2.47.